The van der Waals surface area contributed by atoms with Gasteiger partial charge in [-0.1, -0.05) is 37.6 Å². The van der Waals surface area contributed by atoms with Gasteiger partial charge in [-0.2, -0.15) is 0 Å². The van der Waals surface area contributed by atoms with Crippen LogP contribution in [0.5, 0.6) is 5.75 Å². The molecule has 0 spiro atoms. The quantitative estimate of drug-likeness (QED) is 0.728. The van der Waals surface area contributed by atoms with Crippen LogP contribution < -0.4 is 15.4 Å². The van der Waals surface area contributed by atoms with E-state index in [0.717, 1.165) is 18.4 Å². The average molecular weight is 342 g/mol. The summed E-state index contributed by atoms with van der Waals surface area (Å²) in [5.74, 6) is 0.450. The number of carbonyl (C=O) groups excluding carboxylic acids is 2. The zero-order chi connectivity index (χ0) is 18.1. The summed E-state index contributed by atoms with van der Waals surface area (Å²) >= 11 is 0. The fraction of sp³-hybridized carbons (Fsp3) is 0.263. The van der Waals surface area contributed by atoms with Crippen LogP contribution in [-0.4, -0.2) is 18.8 Å². The van der Waals surface area contributed by atoms with E-state index < -0.39 is 12.2 Å². The zero-order valence-corrected chi connectivity index (χ0v) is 14.4. The minimum Gasteiger partial charge on any atom is -0.449 e. The molecule has 0 radical (unpaired) electrons. The molecule has 132 valence electrons. The molecule has 0 saturated heterocycles. The Labute approximate surface area is 147 Å². The summed E-state index contributed by atoms with van der Waals surface area (Å²) in [6, 6.07) is 14.0. The minimum atomic E-state index is -0.600. The van der Waals surface area contributed by atoms with Gasteiger partial charge in [-0.05, 0) is 43.2 Å². The molecule has 0 aromatic heterocycles. The Hall–Kier alpha value is -3.02. The van der Waals surface area contributed by atoms with Crippen molar-refractivity contribution in [1.82, 2.24) is 0 Å². The number of anilines is 2. The Kier molecular flexibility index (Phi) is 6.83. The highest BCUT2D eigenvalue weighted by Crippen LogP contribution is 2.21. The van der Waals surface area contributed by atoms with E-state index >= 15 is 0 Å². The van der Waals surface area contributed by atoms with E-state index in [4.69, 9.17) is 9.47 Å². The van der Waals surface area contributed by atoms with Gasteiger partial charge in [0.05, 0.1) is 6.61 Å². The summed E-state index contributed by atoms with van der Waals surface area (Å²) in [6.45, 7) is 4.25. The van der Waals surface area contributed by atoms with E-state index in [9.17, 15) is 9.59 Å². The van der Waals surface area contributed by atoms with Crippen LogP contribution in [0, 0.1) is 6.92 Å². The first kappa shape index (κ1) is 18.3. The van der Waals surface area contributed by atoms with Gasteiger partial charge in [-0.25, -0.2) is 9.59 Å². The third-order valence-electron chi connectivity index (χ3n) is 3.41. The molecule has 6 heteroatoms. The number of amides is 2. The van der Waals surface area contributed by atoms with Crippen molar-refractivity contribution in [2.45, 2.75) is 26.7 Å². The number of carbonyl (C=O) groups is 2. The first-order valence-corrected chi connectivity index (χ1v) is 8.17. The lowest BCUT2D eigenvalue weighted by Gasteiger charge is -2.12. The van der Waals surface area contributed by atoms with Crippen LogP contribution >= 0.6 is 0 Å². The van der Waals surface area contributed by atoms with Gasteiger partial charge < -0.3 is 9.47 Å². The predicted molar refractivity (Wildman–Crippen MR) is 97.1 cm³/mol. The molecule has 2 rings (SSSR count). The molecule has 0 atom stereocenters. The molecule has 0 heterocycles. The summed E-state index contributed by atoms with van der Waals surface area (Å²) in [5, 5.41) is 5.31. The number of hydrogen-bond donors (Lipinski definition) is 2. The monoisotopic (exact) mass is 342 g/mol. The number of ether oxygens (including phenoxy) is 2. The van der Waals surface area contributed by atoms with Crippen LogP contribution in [0.4, 0.5) is 21.0 Å². The molecule has 0 aliphatic rings. The zero-order valence-electron chi connectivity index (χ0n) is 14.4. The Morgan fingerprint density at radius 2 is 1.76 bits per heavy atom. The number of para-hydroxylation sites is 1. The molecular formula is C19H22N2O4. The SMILES string of the molecule is CCCCOC(=O)Nc1ccc(C)c(NC(=O)Oc2ccccc2)c1. The second-order valence-electron chi connectivity index (χ2n) is 5.47. The second-order valence-corrected chi connectivity index (χ2v) is 5.47. The van der Waals surface area contributed by atoms with Crippen molar-refractivity contribution in [3.05, 3.63) is 54.1 Å². The largest absolute Gasteiger partial charge is 0.449 e. The van der Waals surface area contributed by atoms with Crippen molar-refractivity contribution in [2.24, 2.45) is 0 Å². The highest BCUT2D eigenvalue weighted by atomic mass is 16.6. The van der Waals surface area contributed by atoms with Gasteiger partial charge in [0.15, 0.2) is 0 Å². The highest BCUT2D eigenvalue weighted by Gasteiger charge is 2.09. The highest BCUT2D eigenvalue weighted by molar-refractivity contribution is 5.90. The molecule has 0 aliphatic heterocycles. The van der Waals surface area contributed by atoms with Crippen molar-refractivity contribution in [3.8, 4) is 5.75 Å². The van der Waals surface area contributed by atoms with Crippen molar-refractivity contribution in [2.75, 3.05) is 17.2 Å². The molecule has 0 unspecified atom stereocenters. The molecule has 2 aromatic carbocycles. The number of unbranched alkanes of at least 4 members (excludes halogenated alkanes) is 1. The van der Waals surface area contributed by atoms with E-state index in [0.29, 0.717) is 23.7 Å². The standard InChI is InChI=1S/C19H22N2O4/c1-3-4-12-24-18(22)20-15-11-10-14(2)17(13-15)21-19(23)25-16-8-6-5-7-9-16/h5-11,13H,3-4,12H2,1-2H3,(H,20,22)(H,21,23). The lowest BCUT2D eigenvalue weighted by molar-refractivity contribution is 0.160. The van der Waals surface area contributed by atoms with Crippen LogP contribution in [0.3, 0.4) is 0 Å². The lowest BCUT2D eigenvalue weighted by atomic mass is 10.2. The molecule has 0 saturated carbocycles. The van der Waals surface area contributed by atoms with Crippen molar-refractivity contribution < 1.29 is 19.1 Å². The summed E-state index contributed by atoms with van der Waals surface area (Å²) in [6.07, 6.45) is 0.654. The second kappa shape index (κ2) is 9.32. The first-order valence-electron chi connectivity index (χ1n) is 8.17. The number of nitrogens with one attached hydrogen (secondary N) is 2. The third kappa shape index (κ3) is 6.18. The molecule has 2 amide bonds. The summed E-state index contributed by atoms with van der Waals surface area (Å²) < 4.78 is 10.3. The van der Waals surface area contributed by atoms with Crippen LogP contribution in [0.2, 0.25) is 0 Å². The molecule has 0 fully saturated rings. The van der Waals surface area contributed by atoms with Gasteiger partial charge in [0.1, 0.15) is 5.75 Å². The fourth-order valence-electron chi connectivity index (χ4n) is 2.03. The molecule has 0 bridgehead atoms. The number of rotatable bonds is 6. The normalized spacial score (nSPS) is 10.0. The Bertz CT molecular complexity index is 717. The van der Waals surface area contributed by atoms with Crippen LogP contribution in [0.15, 0.2) is 48.5 Å². The summed E-state index contributed by atoms with van der Waals surface area (Å²) in [4.78, 5) is 23.7. The minimum absolute atomic E-state index is 0.378. The van der Waals surface area contributed by atoms with E-state index in [1.165, 1.54) is 0 Å². The van der Waals surface area contributed by atoms with Gasteiger partial charge in [-0.3, -0.25) is 10.6 Å². The van der Waals surface area contributed by atoms with Crippen LogP contribution in [-0.2, 0) is 4.74 Å². The maximum atomic E-state index is 12.0. The summed E-state index contributed by atoms with van der Waals surface area (Å²) in [5.41, 5.74) is 1.92. The van der Waals surface area contributed by atoms with Crippen LogP contribution in [0.1, 0.15) is 25.3 Å². The fourth-order valence-corrected chi connectivity index (χ4v) is 2.03. The van der Waals surface area contributed by atoms with Gasteiger partial charge in [0.25, 0.3) is 0 Å². The molecule has 2 aromatic rings. The lowest BCUT2D eigenvalue weighted by Crippen LogP contribution is -2.18. The average Bonchev–Trinajstić information content (AvgIpc) is 2.59. The molecule has 6 nitrogen and oxygen atoms in total. The van der Waals surface area contributed by atoms with Gasteiger partial charge in [0.2, 0.25) is 0 Å². The van der Waals surface area contributed by atoms with Crippen LogP contribution in [0.25, 0.3) is 0 Å². The first-order chi connectivity index (χ1) is 12.1. The molecular weight excluding hydrogens is 320 g/mol. The van der Waals surface area contributed by atoms with E-state index in [2.05, 4.69) is 10.6 Å². The molecule has 25 heavy (non-hydrogen) atoms. The number of hydrogen-bond acceptors (Lipinski definition) is 4. The van der Waals surface area contributed by atoms with E-state index in [1.54, 1.807) is 42.5 Å². The number of aryl methyl sites for hydroxylation is 1. The summed E-state index contributed by atoms with van der Waals surface area (Å²) in [7, 11) is 0. The van der Waals surface area contributed by atoms with Gasteiger partial charge in [0, 0.05) is 11.4 Å². The topological polar surface area (TPSA) is 76.7 Å². The van der Waals surface area contributed by atoms with Crippen molar-refractivity contribution >= 4 is 23.6 Å². The Balaban J connectivity index is 1.96. The third-order valence-corrected chi connectivity index (χ3v) is 3.41. The van der Waals surface area contributed by atoms with Gasteiger partial charge >= 0.3 is 12.2 Å². The van der Waals surface area contributed by atoms with E-state index in [-0.39, 0.29) is 0 Å². The Morgan fingerprint density at radius 3 is 2.48 bits per heavy atom. The van der Waals surface area contributed by atoms with Crippen molar-refractivity contribution in [3.63, 3.8) is 0 Å². The maximum absolute atomic E-state index is 12.0. The maximum Gasteiger partial charge on any atom is 0.417 e. The molecule has 0 aliphatic carbocycles. The molecule has 2 N–H and O–H groups in total. The smallest absolute Gasteiger partial charge is 0.417 e. The van der Waals surface area contributed by atoms with E-state index in [1.807, 2.05) is 19.9 Å². The van der Waals surface area contributed by atoms with Crippen molar-refractivity contribution in [1.29, 1.82) is 0 Å². The Morgan fingerprint density at radius 1 is 1.00 bits per heavy atom. The van der Waals surface area contributed by atoms with Gasteiger partial charge in [-0.15, -0.1) is 0 Å². The number of benzene rings is 2. The predicted octanol–water partition coefficient (Wildman–Crippen LogP) is 4.95.